The first-order valence-corrected chi connectivity index (χ1v) is 5.18. The Balaban J connectivity index is 2.09. The number of hydrogen-bond donors (Lipinski definition) is 0. The summed E-state index contributed by atoms with van der Waals surface area (Å²) in [5.41, 5.74) is 0. The summed E-state index contributed by atoms with van der Waals surface area (Å²) in [5, 5.41) is 0. The average Bonchev–Trinajstić information content (AvgIpc) is 2.07. The number of rotatable bonds is 3. The van der Waals surface area contributed by atoms with E-state index in [9.17, 15) is 0 Å². The highest BCUT2D eigenvalue weighted by atomic mass is 35.5. The predicted molar refractivity (Wildman–Crippen MR) is 51.1 cm³/mol. The van der Waals surface area contributed by atoms with Crippen molar-refractivity contribution >= 4 is 11.6 Å². The minimum absolute atomic E-state index is 0.673. The molecule has 0 unspecified atom stereocenters. The zero-order valence-corrected chi connectivity index (χ0v) is 7.82. The Morgan fingerprint density at radius 1 is 1.09 bits per heavy atom. The van der Waals surface area contributed by atoms with Crippen LogP contribution in [0.4, 0.5) is 0 Å². The van der Waals surface area contributed by atoms with Crippen LogP contribution in [-0.2, 0) is 0 Å². The number of alkyl halides is 1. The van der Waals surface area contributed by atoms with Crippen LogP contribution in [-0.4, -0.2) is 5.88 Å². The van der Waals surface area contributed by atoms with Crippen LogP contribution in [0.3, 0.4) is 0 Å². The van der Waals surface area contributed by atoms with E-state index in [1.807, 2.05) is 0 Å². The Kier molecular flexibility index (Phi) is 4.69. The second kappa shape index (κ2) is 5.65. The molecule has 0 aliphatic heterocycles. The molecule has 0 bridgehead atoms. The van der Waals surface area contributed by atoms with E-state index in [-0.39, 0.29) is 0 Å². The van der Waals surface area contributed by atoms with Gasteiger partial charge in [0, 0.05) is 5.88 Å². The average molecular weight is 173 g/mol. The van der Waals surface area contributed by atoms with Crippen molar-refractivity contribution < 1.29 is 0 Å². The molecule has 1 fully saturated rings. The zero-order chi connectivity index (χ0) is 7.94. The Labute approximate surface area is 74.6 Å². The maximum absolute atomic E-state index is 5.53. The summed E-state index contributed by atoms with van der Waals surface area (Å²) >= 11 is 5.53. The van der Waals surface area contributed by atoms with E-state index in [0.717, 1.165) is 5.92 Å². The predicted octanol–water partition coefficient (Wildman–Crippen LogP) is 3.75. The van der Waals surface area contributed by atoms with Crippen LogP contribution in [0.5, 0.6) is 0 Å². The van der Waals surface area contributed by atoms with Gasteiger partial charge in [0.25, 0.3) is 0 Å². The molecule has 0 atom stereocenters. The molecule has 0 nitrogen and oxygen atoms in total. The largest absolute Gasteiger partial charge is 0.122 e. The number of allylic oxidation sites excluding steroid dienone is 2. The lowest BCUT2D eigenvalue weighted by atomic mass is 9.87. The fourth-order valence-electron chi connectivity index (χ4n) is 1.77. The maximum atomic E-state index is 5.53. The van der Waals surface area contributed by atoms with E-state index in [2.05, 4.69) is 12.2 Å². The van der Waals surface area contributed by atoms with Gasteiger partial charge in [0.2, 0.25) is 0 Å². The molecule has 0 spiro atoms. The molecule has 0 heterocycles. The van der Waals surface area contributed by atoms with Crippen molar-refractivity contribution in [2.45, 2.75) is 38.5 Å². The quantitative estimate of drug-likeness (QED) is 0.449. The van der Waals surface area contributed by atoms with Crippen molar-refractivity contribution in [1.82, 2.24) is 0 Å². The lowest BCUT2D eigenvalue weighted by Crippen LogP contribution is -2.04. The molecular weight excluding hydrogens is 156 g/mol. The zero-order valence-electron chi connectivity index (χ0n) is 7.06. The highest BCUT2D eigenvalue weighted by Crippen LogP contribution is 2.26. The first-order chi connectivity index (χ1) is 5.43. The molecule has 0 aromatic rings. The molecule has 1 heteroatoms. The van der Waals surface area contributed by atoms with Crippen LogP contribution in [0.25, 0.3) is 0 Å². The second-order valence-electron chi connectivity index (χ2n) is 3.37. The van der Waals surface area contributed by atoms with Gasteiger partial charge in [-0.1, -0.05) is 44.3 Å². The van der Waals surface area contributed by atoms with Crippen LogP contribution in [0, 0.1) is 5.92 Å². The van der Waals surface area contributed by atoms with Crippen LogP contribution in [0.1, 0.15) is 38.5 Å². The van der Waals surface area contributed by atoms with E-state index < -0.39 is 0 Å². The van der Waals surface area contributed by atoms with E-state index in [1.165, 1.54) is 38.5 Å². The summed E-state index contributed by atoms with van der Waals surface area (Å²) < 4.78 is 0. The van der Waals surface area contributed by atoms with Gasteiger partial charge in [-0.15, -0.1) is 11.6 Å². The maximum Gasteiger partial charge on any atom is 0.0404 e. The minimum Gasteiger partial charge on any atom is -0.122 e. The fourth-order valence-corrected chi connectivity index (χ4v) is 1.90. The molecule has 0 N–H and O–H groups in total. The monoisotopic (exact) mass is 172 g/mol. The van der Waals surface area contributed by atoms with Gasteiger partial charge >= 0.3 is 0 Å². The first kappa shape index (κ1) is 9.12. The van der Waals surface area contributed by atoms with E-state index in [1.54, 1.807) is 0 Å². The summed E-state index contributed by atoms with van der Waals surface area (Å²) in [6.07, 6.45) is 12.8. The SMILES string of the molecule is ClC/C=C/CC1CCCCC1. The van der Waals surface area contributed by atoms with E-state index in [4.69, 9.17) is 11.6 Å². The Hall–Kier alpha value is 0.0300. The molecule has 0 aromatic heterocycles. The number of hydrogen-bond acceptors (Lipinski definition) is 0. The fraction of sp³-hybridized carbons (Fsp3) is 0.800. The standard InChI is InChI=1S/C10H17Cl/c11-9-5-4-8-10-6-2-1-3-7-10/h4-5,10H,1-3,6-9H2/b5-4+. The molecule has 0 aromatic carbocycles. The third kappa shape index (κ3) is 3.81. The third-order valence-corrected chi connectivity index (χ3v) is 2.63. The van der Waals surface area contributed by atoms with Gasteiger partial charge in [0.1, 0.15) is 0 Å². The molecule has 64 valence electrons. The molecule has 1 rings (SSSR count). The van der Waals surface area contributed by atoms with Gasteiger partial charge in [0.05, 0.1) is 0 Å². The Morgan fingerprint density at radius 2 is 1.82 bits per heavy atom. The molecule has 11 heavy (non-hydrogen) atoms. The van der Waals surface area contributed by atoms with Crippen LogP contribution < -0.4 is 0 Å². The summed E-state index contributed by atoms with van der Waals surface area (Å²) in [7, 11) is 0. The van der Waals surface area contributed by atoms with E-state index >= 15 is 0 Å². The van der Waals surface area contributed by atoms with Crippen LogP contribution in [0.2, 0.25) is 0 Å². The van der Waals surface area contributed by atoms with Gasteiger partial charge in [-0.3, -0.25) is 0 Å². The second-order valence-corrected chi connectivity index (χ2v) is 3.67. The van der Waals surface area contributed by atoms with Gasteiger partial charge in [-0.2, -0.15) is 0 Å². The molecule has 1 aliphatic carbocycles. The van der Waals surface area contributed by atoms with Gasteiger partial charge < -0.3 is 0 Å². The smallest absolute Gasteiger partial charge is 0.0404 e. The summed E-state index contributed by atoms with van der Waals surface area (Å²) in [4.78, 5) is 0. The van der Waals surface area contributed by atoms with Crippen molar-refractivity contribution in [3.05, 3.63) is 12.2 Å². The molecule has 1 aliphatic rings. The van der Waals surface area contributed by atoms with E-state index in [0.29, 0.717) is 5.88 Å². The summed E-state index contributed by atoms with van der Waals surface area (Å²) in [6.45, 7) is 0. The summed E-state index contributed by atoms with van der Waals surface area (Å²) in [6, 6.07) is 0. The van der Waals surface area contributed by atoms with Crippen molar-refractivity contribution in [3.8, 4) is 0 Å². The third-order valence-electron chi connectivity index (χ3n) is 2.45. The molecule has 0 amide bonds. The molecule has 0 saturated heterocycles. The Bertz CT molecular complexity index is 112. The Morgan fingerprint density at radius 3 is 2.45 bits per heavy atom. The molecule has 1 saturated carbocycles. The molecule has 0 radical (unpaired) electrons. The number of halogens is 1. The van der Waals surface area contributed by atoms with Gasteiger partial charge in [-0.05, 0) is 12.3 Å². The van der Waals surface area contributed by atoms with Crippen LogP contribution in [0.15, 0.2) is 12.2 Å². The topological polar surface area (TPSA) is 0 Å². The molecular formula is C10H17Cl. The highest BCUT2D eigenvalue weighted by molar-refractivity contribution is 6.18. The lowest BCUT2D eigenvalue weighted by Gasteiger charge is -2.19. The van der Waals surface area contributed by atoms with Gasteiger partial charge in [-0.25, -0.2) is 0 Å². The first-order valence-electron chi connectivity index (χ1n) is 4.64. The minimum atomic E-state index is 0.673. The highest BCUT2D eigenvalue weighted by Gasteiger charge is 2.10. The van der Waals surface area contributed by atoms with Gasteiger partial charge in [0.15, 0.2) is 0 Å². The normalized spacial score (nSPS) is 21.2. The summed E-state index contributed by atoms with van der Waals surface area (Å²) in [5.74, 6) is 1.63. The van der Waals surface area contributed by atoms with Crippen molar-refractivity contribution in [2.75, 3.05) is 5.88 Å². The van der Waals surface area contributed by atoms with Crippen molar-refractivity contribution in [3.63, 3.8) is 0 Å². The van der Waals surface area contributed by atoms with Crippen LogP contribution >= 0.6 is 11.6 Å². The lowest BCUT2D eigenvalue weighted by molar-refractivity contribution is 0.361. The van der Waals surface area contributed by atoms with Crippen molar-refractivity contribution in [2.24, 2.45) is 5.92 Å². The van der Waals surface area contributed by atoms with Crippen molar-refractivity contribution in [1.29, 1.82) is 0 Å².